The van der Waals surface area contributed by atoms with E-state index in [1.54, 1.807) is 43.5 Å². The lowest BCUT2D eigenvalue weighted by atomic mass is 10.2. The van der Waals surface area contributed by atoms with Gasteiger partial charge in [-0.25, -0.2) is 13.2 Å². The summed E-state index contributed by atoms with van der Waals surface area (Å²) in [6.45, 7) is 0. The van der Waals surface area contributed by atoms with Crippen molar-refractivity contribution in [1.29, 1.82) is 0 Å². The molecule has 3 aromatic rings. The minimum atomic E-state index is -3.81. The van der Waals surface area contributed by atoms with Gasteiger partial charge in [-0.05, 0) is 60.7 Å². The van der Waals surface area contributed by atoms with Crippen LogP contribution in [0.3, 0.4) is 0 Å². The van der Waals surface area contributed by atoms with Gasteiger partial charge < -0.3 is 14.2 Å². The van der Waals surface area contributed by atoms with Crippen LogP contribution < -0.4 is 14.2 Å². The molecule has 1 N–H and O–H groups in total. The summed E-state index contributed by atoms with van der Waals surface area (Å²) in [7, 11) is -0.995. The van der Waals surface area contributed by atoms with Crippen LogP contribution in [-0.4, -0.2) is 28.6 Å². The molecule has 0 atom stereocenters. The van der Waals surface area contributed by atoms with Crippen LogP contribution in [0.15, 0.2) is 77.7 Å². The van der Waals surface area contributed by atoms with E-state index in [9.17, 15) is 13.2 Å². The van der Waals surface area contributed by atoms with Gasteiger partial charge in [-0.15, -0.1) is 0 Å². The van der Waals surface area contributed by atoms with Crippen molar-refractivity contribution in [3.05, 3.63) is 78.4 Å². The van der Waals surface area contributed by atoms with Crippen molar-refractivity contribution in [2.75, 3.05) is 18.9 Å². The third-order valence-electron chi connectivity index (χ3n) is 3.99. The first-order chi connectivity index (χ1) is 13.9. The first kappa shape index (κ1) is 20.2. The lowest BCUT2D eigenvalue weighted by molar-refractivity contribution is 0.0600. The number of ether oxygens (including phenoxy) is 3. The summed E-state index contributed by atoms with van der Waals surface area (Å²) in [5.41, 5.74) is 0.638. The van der Waals surface area contributed by atoms with Crippen LogP contribution in [0, 0.1) is 0 Å². The fraction of sp³-hybridized carbons (Fsp3) is 0.0952. The molecule has 29 heavy (non-hydrogen) atoms. The number of nitrogens with one attached hydrogen (secondary N) is 1. The highest BCUT2D eigenvalue weighted by Gasteiger charge is 2.15. The first-order valence-electron chi connectivity index (χ1n) is 8.55. The Morgan fingerprint density at radius 2 is 1.45 bits per heavy atom. The van der Waals surface area contributed by atoms with Crippen LogP contribution >= 0.6 is 0 Å². The van der Waals surface area contributed by atoms with Crippen LogP contribution in [-0.2, 0) is 14.8 Å². The predicted molar refractivity (Wildman–Crippen MR) is 108 cm³/mol. The van der Waals surface area contributed by atoms with Crippen molar-refractivity contribution in [2.45, 2.75) is 4.90 Å². The molecule has 0 aromatic heterocycles. The Hall–Kier alpha value is -3.52. The highest BCUT2D eigenvalue weighted by Crippen LogP contribution is 2.31. The summed E-state index contributed by atoms with van der Waals surface area (Å²) in [5, 5.41) is 0. The molecule has 3 rings (SSSR count). The van der Waals surface area contributed by atoms with E-state index in [2.05, 4.69) is 9.46 Å². The fourth-order valence-corrected chi connectivity index (χ4v) is 3.58. The van der Waals surface area contributed by atoms with Crippen LogP contribution in [0.5, 0.6) is 17.2 Å². The topological polar surface area (TPSA) is 90.9 Å². The molecular formula is C21H19NO6S. The van der Waals surface area contributed by atoms with E-state index in [0.717, 1.165) is 0 Å². The number of anilines is 1. The van der Waals surface area contributed by atoms with E-state index >= 15 is 0 Å². The zero-order valence-electron chi connectivity index (χ0n) is 15.8. The number of hydrogen-bond donors (Lipinski definition) is 1. The van der Waals surface area contributed by atoms with Crippen LogP contribution in [0.4, 0.5) is 5.69 Å². The van der Waals surface area contributed by atoms with Crippen molar-refractivity contribution in [3.63, 3.8) is 0 Å². The average molecular weight is 413 g/mol. The highest BCUT2D eigenvalue weighted by molar-refractivity contribution is 7.92. The number of esters is 1. The van der Waals surface area contributed by atoms with Gasteiger partial charge in [0.1, 0.15) is 5.75 Å². The second-order valence-electron chi connectivity index (χ2n) is 5.90. The Kier molecular flexibility index (Phi) is 6.04. The number of hydrogen-bond acceptors (Lipinski definition) is 6. The number of benzene rings is 3. The summed E-state index contributed by atoms with van der Waals surface area (Å²) in [5.74, 6) is 1.13. The molecule has 0 aliphatic carbocycles. The van der Waals surface area contributed by atoms with Crippen LogP contribution in [0.2, 0.25) is 0 Å². The molecule has 8 heteroatoms. The molecule has 0 fully saturated rings. The molecule has 0 bridgehead atoms. The molecule has 0 radical (unpaired) electrons. The molecule has 150 valence electrons. The Morgan fingerprint density at radius 3 is 2.03 bits per heavy atom. The lowest BCUT2D eigenvalue weighted by Gasteiger charge is -2.11. The monoisotopic (exact) mass is 413 g/mol. The van der Waals surface area contributed by atoms with E-state index in [4.69, 9.17) is 9.47 Å². The molecule has 7 nitrogen and oxygen atoms in total. The molecule has 0 heterocycles. The number of carbonyl (C=O) groups excluding carboxylic acids is 1. The van der Waals surface area contributed by atoms with Crippen molar-refractivity contribution in [2.24, 2.45) is 0 Å². The quantitative estimate of drug-likeness (QED) is 0.587. The SMILES string of the molecule is COC(=O)c1ccc(S(=O)(=O)Nc2ccc(Oc3ccccc3OC)cc2)cc1. The smallest absolute Gasteiger partial charge is 0.337 e. The maximum Gasteiger partial charge on any atom is 0.337 e. The van der Waals surface area contributed by atoms with Crippen molar-refractivity contribution in [1.82, 2.24) is 0 Å². The van der Waals surface area contributed by atoms with Gasteiger partial charge >= 0.3 is 5.97 Å². The predicted octanol–water partition coefficient (Wildman–Crippen LogP) is 4.07. The van der Waals surface area contributed by atoms with Gasteiger partial charge in [0.25, 0.3) is 10.0 Å². The summed E-state index contributed by atoms with van der Waals surface area (Å²) in [4.78, 5) is 11.5. The molecule has 0 aliphatic heterocycles. The van der Waals surface area contributed by atoms with Gasteiger partial charge in [0.2, 0.25) is 0 Å². The molecule has 0 aliphatic rings. The maximum atomic E-state index is 12.5. The first-order valence-corrected chi connectivity index (χ1v) is 10.0. The largest absolute Gasteiger partial charge is 0.493 e. The van der Waals surface area contributed by atoms with E-state index in [-0.39, 0.29) is 10.5 Å². The normalized spacial score (nSPS) is 10.8. The maximum absolute atomic E-state index is 12.5. The van der Waals surface area contributed by atoms with Gasteiger partial charge in [-0.2, -0.15) is 0 Å². The lowest BCUT2D eigenvalue weighted by Crippen LogP contribution is -2.13. The summed E-state index contributed by atoms with van der Waals surface area (Å²) in [6, 6.07) is 19.1. The summed E-state index contributed by atoms with van der Waals surface area (Å²) in [6.07, 6.45) is 0. The Balaban J connectivity index is 1.72. The zero-order valence-corrected chi connectivity index (χ0v) is 16.6. The molecule has 0 saturated heterocycles. The van der Waals surface area contributed by atoms with Crippen LogP contribution in [0.25, 0.3) is 0 Å². The molecule has 0 unspecified atom stereocenters. The average Bonchev–Trinajstić information content (AvgIpc) is 2.75. The van der Waals surface area contributed by atoms with Crippen LogP contribution in [0.1, 0.15) is 10.4 Å². The second kappa shape index (κ2) is 8.66. The Bertz CT molecular complexity index is 1090. The van der Waals surface area contributed by atoms with Gasteiger partial charge in [-0.3, -0.25) is 4.72 Å². The third kappa shape index (κ3) is 4.85. The molecular weight excluding hydrogens is 394 g/mol. The van der Waals surface area contributed by atoms with Gasteiger partial charge in [-0.1, -0.05) is 12.1 Å². The number of sulfonamides is 1. The number of para-hydroxylation sites is 2. The molecule has 0 amide bonds. The fourth-order valence-electron chi connectivity index (χ4n) is 2.52. The minimum Gasteiger partial charge on any atom is -0.493 e. The number of methoxy groups -OCH3 is 2. The van der Waals surface area contributed by atoms with Crippen molar-refractivity contribution >= 4 is 21.7 Å². The van der Waals surface area contributed by atoms with Gasteiger partial charge in [0.05, 0.1) is 24.7 Å². The van der Waals surface area contributed by atoms with Crippen molar-refractivity contribution < 1.29 is 27.4 Å². The van der Waals surface area contributed by atoms with E-state index in [1.165, 1.54) is 31.4 Å². The Morgan fingerprint density at radius 1 is 0.828 bits per heavy atom. The molecule has 3 aromatic carbocycles. The second-order valence-corrected chi connectivity index (χ2v) is 7.58. The zero-order chi connectivity index (χ0) is 20.9. The summed E-state index contributed by atoms with van der Waals surface area (Å²) >= 11 is 0. The number of rotatable bonds is 7. The van der Waals surface area contributed by atoms with Crippen molar-refractivity contribution in [3.8, 4) is 17.2 Å². The highest BCUT2D eigenvalue weighted by atomic mass is 32.2. The number of carbonyl (C=O) groups is 1. The summed E-state index contributed by atoms with van der Waals surface area (Å²) < 4.78 is 43.2. The molecule has 0 spiro atoms. The van der Waals surface area contributed by atoms with E-state index in [1.807, 2.05) is 12.1 Å². The van der Waals surface area contributed by atoms with Gasteiger partial charge in [0.15, 0.2) is 11.5 Å². The molecule has 0 saturated carbocycles. The van der Waals surface area contributed by atoms with E-state index in [0.29, 0.717) is 22.9 Å². The minimum absolute atomic E-state index is 0.0273. The van der Waals surface area contributed by atoms with Gasteiger partial charge in [0, 0.05) is 5.69 Å². The van der Waals surface area contributed by atoms with E-state index < -0.39 is 16.0 Å². The third-order valence-corrected chi connectivity index (χ3v) is 5.39. The standard InChI is InChI=1S/C21H19NO6S/c1-26-19-5-3-4-6-20(19)28-17-11-9-16(10-12-17)22-29(24,25)18-13-7-15(8-14-18)21(23)27-2/h3-14,22H,1-2H3. The Labute approximate surface area is 168 Å².